The van der Waals surface area contributed by atoms with E-state index in [0.717, 1.165) is 5.56 Å². The SMILES string of the molecule is COc1ccccc1OC1CC(C(=O)Nc2ccc(Oc3ccc(C#N)cn3)c(C)c2)C1. The third-order valence-corrected chi connectivity index (χ3v) is 5.35. The number of hydrogen-bond acceptors (Lipinski definition) is 6. The van der Waals surface area contributed by atoms with Gasteiger partial charge in [0.15, 0.2) is 11.5 Å². The summed E-state index contributed by atoms with van der Waals surface area (Å²) in [6.45, 7) is 1.90. The highest BCUT2D eigenvalue weighted by atomic mass is 16.5. The van der Waals surface area contributed by atoms with Crippen LogP contribution < -0.4 is 19.5 Å². The Kier molecular flexibility index (Phi) is 6.22. The van der Waals surface area contributed by atoms with Crippen molar-refractivity contribution in [2.75, 3.05) is 12.4 Å². The van der Waals surface area contributed by atoms with Crippen LogP contribution in [0.5, 0.6) is 23.1 Å². The molecule has 0 saturated heterocycles. The largest absolute Gasteiger partial charge is 0.493 e. The molecule has 32 heavy (non-hydrogen) atoms. The summed E-state index contributed by atoms with van der Waals surface area (Å²) in [7, 11) is 1.61. The van der Waals surface area contributed by atoms with E-state index in [2.05, 4.69) is 10.3 Å². The van der Waals surface area contributed by atoms with Crippen molar-refractivity contribution in [1.82, 2.24) is 4.98 Å². The molecule has 4 rings (SSSR count). The van der Waals surface area contributed by atoms with Crippen molar-refractivity contribution in [2.24, 2.45) is 5.92 Å². The van der Waals surface area contributed by atoms with Gasteiger partial charge in [-0.2, -0.15) is 5.26 Å². The number of nitrogens with zero attached hydrogens (tertiary/aromatic N) is 2. The lowest BCUT2D eigenvalue weighted by atomic mass is 9.81. The predicted octanol–water partition coefficient (Wildman–Crippen LogP) is 4.86. The monoisotopic (exact) mass is 429 g/mol. The smallest absolute Gasteiger partial charge is 0.227 e. The summed E-state index contributed by atoms with van der Waals surface area (Å²) in [6.07, 6.45) is 2.78. The van der Waals surface area contributed by atoms with Crippen molar-refractivity contribution in [3.63, 3.8) is 0 Å². The van der Waals surface area contributed by atoms with E-state index in [4.69, 9.17) is 19.5 Å². The van der Waals surface area contributed by atoms with Crippen molar-refractivity contribution in [1.29, 1.82) is 5.26 Å². The number of carbonyl (C=O) groups excluding carboxylic acids is 1. The van der Waals surface area contributed by atoms with E-state index >= 15 is 0 Å². The number of pyridine rings is 1. The van der Waals surface area contributed by atoms with Gasteiger partial charge in [0.05, 0.1) is 12.7 Å². The number of nitriles is 1. The number of rotatable bonds is 7. The van der Waals surface area contributed by atoms with Crippen LogP contribution in [0.4, 0.5) is 5.69 Å². The third kappa shape index (κ3) is 4.81. The Balaban J connectivity index is 1.30. The van der Waals surface area contributed by atoms with Crippen molar-refractivity contribution in [3.05, 3.63) is 71.9 Å². The molecule has 162 valence electrons. The number of ether oxygens (including phenoxy) is 3. The molecule has 0 spiro atoms. The fourth-order valence-electron chi connectivity index (χ4n) is 3.48. The minimum Gasteiger partial charge on any atom is -0.493 e. The molecule has 1 aliphatic carbocycles. The standard InChI is InChI=1S/C25H23N3O4/c1-16-11-19(8-9-21(16)32-24-10-7-17(14-26)15-27-24)28-25(29)18-12-20(13-18)31-23-6-4-3-5-22(23)30-2/h3-11,15,18,20H,12-13H2,1-2H3,(H,28,29). The van der Waals surface area contributed by atoms with Crippen LogP contribution in [0.3, 0.4) is 0 Å². The second kappa shape index (κ2) is 9.40. The van der Waals surface area contributed by atoms with Crippen LogP contribution in [0.25, 0.3) is 0 Å². The summed E-state index contributed by atoms with van der Waals surface area (Å²) in [5.41, 5.74) is 2.04. The molecular weight excluding hydrogens is 406 g/mol. The molecule has 0 unspecified atom stereocenters. The van der Waals surface area contributed by atoms with Gasteiger partial charge in [0.2, 0.25) is 11.8 Å². The fraction of sp³-hybridized carbons (Fsp3) is 0.240. The maximum atomic E-state index is 12.6. The van der Waals surface area contributed by atoms with Gasteiger partial charge in [0.25, 0.3) is 0 Å². The highest BCUT2D eigenvalue weighted by molar-refractivity contribution is 5.93. The van der Waals surface area contributed by atoms with Crippen LogP contribution in [0.2, 0.25) is 0 Å². The molecule has 1 amide bonds. The van der Waals surface area contributed by atoms with Gasteiger partial charge in [-0.25, -0.2) is 4.98 Å². The van der Waals surface area contributed by atoms with E-state index in [0.29, 0.717) is 47.2 Å². The van der Waals surface area contributed by atoms with Crippen LogP contribution in [0.1, 0.15) is 24.0 Å². The fourth-order valence-corrected chi connectivity index (χ4v) is 3.48. The minimum atomic E-state index is -0.0891. The van der Waals surface area contributed by atoms with Crippen molar-refractivity contribution < 1.29 is 19.0 Å². The first-order valence-electron chi connectivity index (χ1n) is 10.3. The lowest BCUT2D eigenvalue weighted by Gasteiger charge is -2.34. The van der Waals surface area contributed by atoms with Crippen LogP contribution in [-0.4, -0.2) is 24.1 Å². The zero-order valence-electron chi connectivity index (χ0n) is 17.9. The Labute approximate surface area is 186 Å². The van der Waals surface area contributed by atoms with Gasteiger partial charge in [0, 0.05) is 23.9 Å². The molecule has 1 saturated carbocycles. The maximum Gasteiger partial charge on any atom is 0.227 e. The lowest BCUT2D eigenvalue weighted by Crippen LogP contribution is -2.40. The van der Waals surface area contributed by atoms with E-state index < -0.39 is 0 Å². The quantitative estimate of drug-likeness (QED) is 0.577. The van der Waals surface area contributed by atoms with Crippen molar-refractivity contribution >= 4 is 11.6 Å². The zero-order chi connectivity index (χ0) is 22.5. The number of hydrogen-bond donors (Lipinski definition) is 1. The van der Waals surface area contributed by atoms with Crippen LogP contribution in [0, 0.1) is 24.2 Å². The Morgan fingerprint density at radius 1 is 1.09 bits per heavy atom. The van der Waals surface area contributed by atoms with Crippen molar-refractivity contribution in [3.8, 4) is 29.2 Å². The molecular formula is C25H23N3O4. The van der Waals surface area contributed by atoms with Crippen LogP contribution >= 0.6 is 0 Å². The number of amides is 1. The minimum absolute atomic E-state index is 0.000478. The Bertz CT molecular complexity index is 1150. The number of aromatic nitrogens is 1. The van der Waals surface area contributed by atoms with Crippen LogP contribution in [0.15, 0.2) is 60.8 Å². The van der Waals surface area contributed by atoms with E-state index in [1.54, 1.807) is 31.4 Å². The molecule has 2 aromatic carbocycles. The number of methoxy groups -OCH3 is 1. The first kappa shape index (κ1) is 21.2. The van der Waals surface area contributed by atoms with E-state index in [1.165, 1.54) is 6.20 Å². The maximum absolute atomic E-state index is 12.6. The Morgan fingerprint density at radius 2 is 1.88 bits per heavy atom. The highest BCUT2D eigenvalue weighted by Gasteiger charge is 2.36. The van der Waals surface area contributed by atoms with E-state index in [1.807, 2.05) is 43.3 Å². The average Bonchev–Trinajstić information content (AvgIpc) is 2.78. The summed E-state index contributed by atoms with van der Waals surface area (Å²) < 4.78 is 17.0. The molecule has 1 aliphatic rings. The number of anilines is 1. The highest BCUT2D eigenvalue weighted by Crippen LogP contribution is 2.36. The summed E-state index contributed by atoms with van der Waals surface area (Å²) in [4.78, 5) is 16.7. The van der Waals surface area contributed by atoms with Gasteiger partial charge in [0.1, 0.15) is 17.9 Å². The normalized spacial score (nSPS) is 16.9. The van der Waals surface area contributed by atoms with Gasteiger partial charge >= 0.3 is 0 Å². The van der Waals surface area contributed by atoms with Gasteiger partial charge in [-0.15, -0.1) is 0 Å². The molecule has 0 bridgehead atoms. The molecule has 7 nitrogen and oxygen atoms in total. The summed E-state index contributed by atoms with van der Waals surface area (Å²) in [5, 5.41) is 11.8. The van der Waals surface area contributed by atoms with Gasteiger partial charge in [-0.3, -0.25) is 4.79 Å². The Hall–Kier alpha value is -4.05. The second-order valence-electron chi connectivity index (χ2n) is 7.63. The number of nitrogens with one attached hydrogen (secondary N) is 1. The molecule has 7 heteroatoms. The molecule has 3 aromatic rings. The van der Waals surface area contributed by atoms with E-state index in [-0.39, 0.29) is 17.9 Å². The summed E-state index contributed by atoms with van der Waals surface area (Å²) >= 11 is 0. The number of para-hydroxylation sites is 2. The second-order valence-corrected chi connectivity index (χ2v) is 7.63. The first-order chi connectivity index (χ1) is 15.6. The van der Waals surface area contributed by atoms with Crippen LogP contribution in [-0.2, 0) is 4.79 Å². The molecule has 1 heterocycles. The van der Waals surface area contributed by atoms with Gasteiger partial charge < -0.3 is 19.5 Å². The number of benzene rings is 2. The Morgan fingerprint density at radius 3 is 2.53 bits per heavy atom. The predicted molar refractivity (Wildman–Crippen MR) is 119 cm³/mol. The van der Waals surface area contributed by atoms with Gasteiger partial charge in [-0.05, 0) is 61.7 Å². The average molecular weight is 429 g/mol. The zero-order valence-corrected chi connectivity index (χ0v) is 17.9. The number of carbonyl (C=O) groups is 1. The third-order valence-electron chi connectivity index (χ3n) is 5.35. The summed E-state index contributed by atoms with van der Waals surface area (Å²) in [5.74, 6) is 2.31. The molecule has 0 atom stereocenters. The summed E-state index contributed by atoms with van der Waals surface area (Å²) in [6, 6.07) is 18.3. The lowest BCUT2D eigenvalue weighted by molar-refractivity contribution is -0.125. The number of aryl methyl sites for hydroxylation is 1. The molecule has 0 radical (unpaired) electrons. The molecule has 1 fully saturated rings. The molecule has 1 N–H and O–H groups in total. The topological polar surface area (TPSA) is 93.5 Å². The van der Waals surface area contributed by atoms with E-state index in [9.17, 15) is 4.79 Å². The van der Waals surface area contributed by atoms with Crippen molar-refractivity contribution in [2.45, 2.75) is 25.9 Å². The van der Waals surface area contributed by atoms with Gasteiger partial charge in [-0.1, -0.05) is 12.1 Å². The first-order valence-corrected chi connectivity index (χ1v) is 10.3. The molecule has 0 aliphatic heterocycles. The molecule has 1 aromatic heterocycles.